The summed E-state index contributed by atoms with van der Waals surface area (Å²) in [5.74, 6) is -0.218. The number of nitrogens with zero attached hydrogens (tertiary/aromatic N) is 2. The summed E-state index contributed by atoms with van der Waals surface area (Å²) in [5.41, 5.74) is 0.806. The Hall–Kier alpha value is -1.90. The first kappa shape index (κ1) is 15.5. The fourth-order valence-corrected chi connectivity index (χ4v) is 2.63. The number of hydrogen-bond acceptors (Lipinski definition) is 4. The highest BCUT2D eigenvalue weighted by molar-refractivity contribution is 5.96. The molecule has 0 bridgehead atoms. The van der Waals surface area contributed by atoms with Gasteiger partial charge < -0.3 is 10.1 Å². The number of likely N-dealkylation sites (tertiary alicyclic amines) is 1. The van der Waals surface area contributed by atoms with Crippen LogP contribution < -0.4 is 5.32 Å². The minimum absolute atomic E-state index is 0.0226. The van der Waals surface area contributed by atoms with Crippen LogP contribution in [0.4, 0.5) is 0 Å². The first-order chi connectivity index (χ1) is 10.1. The molecule has 2 atom stereocenters. The van der Waals surface area contributed by atoms with Crippen LogP contribution in [0.2, 0.25) is 0 Å². The molecule has 1 aromatic rings. The molecule has 21 heavy (non-hydrogen) atoms. The molecule has 0 aromatic heterocycles. The summed E-state index contributed by atoms with van der Waals surface area (Å²) >= 11 is 0. The summed E-state index contributed by atoms with van der Waals surface area (Å²) in [6.45, 7) is 5.82. The lowest BCUT2D eigenvalue weighted by molar-refractivity contribution is 0.0753. The molecular formula is C16H21N3O2. The monoisotopic (exact) mass is 287 g/mol. The topological polar surface area (TPSA) is 65.4 Å². The molecule has 1 aromatic carbocycles. The zero-order valence-corrected chi connectivity index (χ0v) is 12.7. The second-order valence-corrected chi connectivity index (χ2v) is 5.56. The standard InChI is InChI=1S/C16H21N3O2/c1-11(2)19-9-14(15(10-19)21-3)18-16(20)13-7-5-4-6-12(13)8-17/h4-7,11,14-15H,9-10H2,1-3H3,(H,18,20)/t14-,15-/m1/s1. The van der Waals surface area contributed by atoms with Crippen molar-refractivity contribution in [1.29, 1.82) is 5.26 Å². The third-order valence-electron chi connectivity index (χ3n) is 3.94. The summed E-state index contributed by atoms with van der Waals surface area (Å²) in [6, 6.07) is 9.24. The number of methoxy groups -OCH3 is 1. The van der Waals surface area contributed by atoms with Gasteiger partial charge >= 0.3 is 0 Å². The van der Waals surface area contributed by atoms with E-state index < -0.39 is 0 Å². The SMILES string of the molecule is CO[C@@H]1CN(C(C)C)C[C@H]1NC(=O)c1ccccc1C#N. The van der Waals surface area contributed by atoms with Gasteiger partial charge in [-0.15, -0.1) is 0 Å². The molecule has 1 fully saturated rings. The zero-order valence-electron chi connectivity index (χ0n) is 12.7. The van der Waals surface area contributed by atoms with Gasteiger partial charge in [0.05, 0.1) is 29.3 Å². The first-order valence-electron chi connectivity index (χ1n) is 7.13. The van der Waals surface area contributed by atoms with E-state index in [1.807, 2.05) is 0 Å². The minimum atomic E-state index is -0.218. The fraction of sp³-hybridized carbons (Fsp3) is 0.500. The van der Waals surface area contributed by atoms with Crippen LogP contribution in [0.25, 0.3) is 0 Å². The van der Waals surface area contributed by atoms with Gasteiger partial charge in [0.15, 0.2) is 0 Å². The summed E-state index contributed by atoms with van der Waals surface area (Å²) in [7, 11) is 1.66. The average molecular weight is 287 g/mol. The van der Waals surface area contributed by atoms with Gasteiger partial charge in [-0.05, 0) is 26.0 Å². The molecule has 1 N–H and O–H groups in total. The maximum atomic E-state index is 12.4. The third-order valence-corrected chi connectivity index (χ3v) is 3.94. The Morgan fingerprint density at radius 3 is 2.76 bits per heavy atom. The number of ether oxygens (including phenoxy) is 1. The molecule has 112 valence electrons. The second kappa shape index (κ2) is 6.70. The van der Waals surface area contributed by atoms with Gasteiger partial charge in [0.1, 0.15) is 0 Å². The Morgan fingerprint density at radius 1 is 1.43 bits per heavy atom. The maximum absolute atomic E-state index is 12.4. The number of amides is 1. The van der Waals surface area contributed by atoms with Crippen molar-refractivity contribution >= 4 is 5.91 Å². The molecule has 0 radical (unpaired) electrons. The Balaban J connectivity index is 2.10. The van der Waals surface area contributed by atoms with Crippen LogP contribution in [0.15, 0.2) is 24.3 Å². The molecule has 1 aliphatic heterocycles. The van der Waals surface area contributed by atoms with Crippen LogP contribution in [0.5, 0.6) is 0 Å². The molecule has 1 amide bonds. The Bertz CT molecular complexity index is 551. The second-order valence-electron chi connectivity index (χ2n) is 5.56. The number of carbonyl (C=O) groups is 1. The largest absolute Gasteiger partial charge is 0.378 e. The molecule has 0 aliphatic carbocycles. The maximum Gasteiger partial charge on any atom is 0.252 e. The highest BCUT2D eigenvalue weighted by atomic mass is 16.5. The first-order valence-corrected chi connectivity index (χ1v) is 7.13. The van der Waals surface area contributed by atoms with Crippen molar-refractivity contribution in [1.82, 2.24) is 10.2 Å². The molecule has 1 heterocycles. The van der Waals surface area contributed by atoms with Crippen molar-refractivity contribution in [2.45, 2.75) is 32.0 Å². The van der Waals surface area contributed by atoms with Crippen molar-refractivity contribution in [2.24, 2.45) is 0 Å². The van der Waals surface area contributed by atoms with Crippen LogP contribution in [0, 0.1) is 11.3 Å². The van der Waals surface area contributed by atoms with E-state index >= 15 is 0 Å². The predicted molar refractivity (Wildman–Crippen MR) is 79.9 cm³/mol. The lowest BCUT2D eigenvalue weighted by Gasteiger charge is -2.20. The van der Waals surface area contributed by atoms with E-state index in [9.17, 15) is 4.79 Å². The Kier molecular flexibility index (Phi) is 4.94. The van der Waals surface area contributed by atoms with E-state index in [4.69, 9.17) is 10.00 Å². The van der Waals surface area contributed by atoms with Crippen LogP contribution >= 0.6 is 0 Å². The highest BCUT2D eigenvalue weighted by Crippen LogP contribution is 2.17. The number of rotatable bonds is 4. The number of hydrogen-bond donors (Lipinski definition) is 1. The van der Waals surface area contributed by atoms with Gasteiger partial charge in [-0.2, -0.15) is 5.26 Å². The molecule has 5 heteroatoms. The van der Waals surface area contributed by atoms with Crippen LogP contribution in [-0.2, 0) is 4.74 Å². The van der Waals surface area contributed by atoms with Crippen molar-refractivity contribution in [3.05, 3.63) is 35.4 Å². The van der Waals surface area contributed by atoms with Gasteiger partial charge in [-0.25, -0.2) is 0 Å². The molecule has 2 rings (SSSR count). The van der Waals surface area contributed by atoms with Crippen LogP contribution in [0.1, 0.15) is 29.8 Å². The van der Waals surface area contributed by atoms with Crippen molar-refractivity contribution in [2.75, 3.05) is 20.2 Å². The van der Waals surface area contributed by atoms with Crippen molar-refractivity contribution in [3.8, 4) is 6.07 Å². The van der Waals surface area contributed by atoms with Crippen molar-refractivity contribution in [3.63, 3.8) is 0 Å². The Labute approximate surface area is 125 Å². The van der Waals surface area contributed by atoms with Gasteiger partial charge in [0.2, 0.25) is 0 Å². The lowest BCUT2D eigenvalue weighted by Crippen LogP contribution is -2.44. The molecule has 5 nitrogen and oxygen atoms in total. The minimum Gasteiger partial charge on any atom is -0.378 e. The highest BCUT2D eigenvalue weighted by Gasteiger charge is 2.35. The molecule has 0 unspecified atom stereocenters. The zero-order chi connectivity index (χ0) is 15.4. The van der Waals surface area contributed by atoms with Gasteiger partial charge in [-0.1, -0.05) is 12.1 Å². The van der Waals surface area contributed by atoms with E-state index in [0.717, 1.165) is 13.1 Å². The summed E-state index contributed by atoms with van der Waals surface area (Å²) in [6.07, 6.45) is -0.0226. The van der Waals surface area contributed by atoms with Crippen LogP contribution in [0.3, 0.4) is 0 Å². The summed E-state index contributed by atoms with van der Waals surface area (Å²) in [4.78, 5) is 14.7. The van der Waals surface area contributed by atoms with Gasteiger partial charge in [0.25, 0.3) is 5.91 Å². The summed E-state index contributed by atoms with van der Waals surface area (Å²) < 4.78 is 5.48. The van der Waals surface area contributed by atoms with E-state index in [1.165, 1.54) is 0 Å². The van der Waals surface area contributed by atoms with Crippen LogP contribution in [-0.4, -0.2) is 49.2 Å². The normalized spacial score (nSPS) is 22.2. The number of nitrogens with one attached hydrogen (secondary N) is 1. The van der Waals surface area contributed by atoms with E-state index in [0.29, 0.717) is 17.2 Å². The predicted octanol–water partition coefficient (Wildman–Crippen LogP) is 1.40. The molecule has 1 saturated heterocycles. The number of nitriles is 1. The quantitative estimate of drug-likeness (QED) is 0.909. The van der Waals surface area contributed by atoms with E-state index in [-0.39, 0.29) is 18.1 Å². The number of carbonyl (C=O) groups excluding carboxylic acids is 1. The molecular weight excluding hydrogens is 266 g/mol. The molecule has 0 spiro atoms. The van der Waals surface area contributed by atoms with E-state index in [1.54, 1.807) is 31.4 Å². The molecule has 1 aliphatic rings. The molecule has 0 saturated carbocycles. The van der Waals surface area contributed by atoms with E-state index in [2.05, 4.69) is 30.1 Å². The smallest absolute Gasteiger partial charge is 0.252 e. The summed E-state index contributed by atoms with van der Waals surface area (Å²) in [5, 5.41) is 12.1. The lowest BCUT2D eigenvalue weighted by atomic mass is 10.1. The number of benzene rings is 1. The third kappa shape index (κ3) is 3.41. The van der Waals surface area contributed by atoms with Gasteiger partial charge in [-0.3, -0.25) is 9.69 Å². The van der Waals surface area contributed by atoms with Gasteiger partial charge in [0, 0.05) is 26.2 Å². The average Bonchev–Trinajstić information content (AvgIpc) is 2.90. The van der Waals surface area contributed by atoms with Crippen molar-refractivity contribution < 1.29 is 9.53 Å². The Morgan fingerprint density at radius 2 is 2.14 bits per heavy atom. The fourth-order valence-electron chi connectivity index (χ4n) is 2.63.